The van der Waals surface area contributed by atoms with Crippen LogP contribution >= 0.6 is 16.1 Å². The third-order valence-corrected chi connectivity index (χ3v) is 6.65. The van der Waals surface area contributed by atoms with E-state index in [0.717, 1.165) is 19.9 Å². The Morgan fingerprint density at radius 2 is 1.85 bits per heavy atom. The van der Waals surface area contributed by atoms with Crippen molar-refractivity contribution in [1.29, 1.82) is 0 Å². The van der Waals surface area contributed by atoms with E-state index in [0.29, 0.717) is 17.0 Å². The minimum Gasteiger partial charge on any atom is -0.400 e. The van der Waals surface area contributed by atoms with Crippen LogP contribution in [0.1, 0.15) is 47.8 Å². The van der Waals surface area contributed by atoms with E-state index in [1.54, 1.807) is 7.05 Å². The topological polar surface area (TPSA) is 209 Å². The van der Waals surface area contributed by atoms with Gasteiger partial charge in [0.05, 0.1) is 6.33 Å². The van der Waals surface area contributed by atoms with Crippen LogP contribution in [0.3, 0.4) is 0 Å². The molecule has 0 saturated carbocycles. The second kappa shape index (κ2) is 19.8. The van der Waals surface area contributed by atoms with Crippen LogP contribution in [-0.4, -0.2) is 93.9 Å². The van der Waals surface area contributed by atoms with Gasteiger partial charge in [0.15, 0.2) is 17.7 Å². The lowest BCUT2D eigenvalue weighted by Crippen LogP contribution is -2.37. The number of aliphatic hydroxyl groups is 1. The molecule has 0 aromatic carbocycles. The van der Waals surface area contributed by atoms with Crippen molar-refractivity contribution in [1.82, 2.24) is 19.5 Å². The Kier molecular flexibility index (Phi) is 18.7. The maximum absolute atomic E-state index is 12.0. The van der Waals surface area contributed by atoms with Crippen molar-refractivity contribution in [3.63, 3.8) is 0 Å². The molecule has 0 spiro atoms. The Hall–Kier alpha value is -2.23. The SMILES string of the molecule is CC.CC=NC(C)=C(C)C.CNc1ncnc2c1ncn2C1OC(CO[P+](=O)O)C(OP(=O)(O)OC)C1OC.CO. The number of aliphatic imine (C=N–C) groups is 1. The molecule has 0 amide bonds. The highest BCUT2D eigenvalue weighted by molar-refractivity contribution is 7.47. The molecule has 1 fully saturated rings. The molecule has 3 heterocycles. The van der Waals surface area contributed by atoms with Crippen LogP contribution in [0.15, 0.2) is 28.9 Å². The van der Waals surface area contributed by atoms with Crippen LogP contribution in [0.5, 0.6) is 0 Å². The van der Waals surface area contributed by atoms with Crippen molar-refractivity contribution in [3.8, 4) is 0 Å². The van der Waals surface area contributed by atoms with E-state index in [9.17, 15) is 14.0 Å². The van der Waals surface area contributed by atoms with Gasteiger partial charge >= 0.3 is 16.1 Å². The monoisotopic (exact) mass is 625 g/mol. The minimum atomic E-state index is -4.43. The fraction of sp³-hybridized carbons (Fsp3) is 0.652. The van der Waals surface area contributed by atoms with Gasteiger partial charge in [-0.15, -0.1) is 9.42 Å². The molecular weight excluding hydrogens is 582 g/mol. The summed E-state index contributed by atoms with van der Waals surface area (Å²) in [7, 11) is -2.31. The first-order chi connectivity index (χ1) is 19.5. The number of imidazole rings is 1. The maximum atomic E-state index is 12.0. The van der Waals surface area contributed by atoms with Crippen molar-refractivity contribution < 1.29 is 47.1 Å². The molecule has 1 aliphatic heterocycles. The molecule has 4 N–H and O–H groups in total. The van der Waals surface area contributed by atoms with E-state index < -0.39 is 47.2 Å². The molecule has 16 nitrogen and oxygen atoms in total. The van der Waals surface area contributed by atoms with E-state index in [4.69, 9.17) is 28.5 Å². The molecule has 6 unspecified atom stereocenters. The number of allylic oxidation sites excluding steroid dienone is 2. The normalized spacial score (nSPS) is 21.4. The summed E-state index contributed by atoms with van der Waals surface area (Å²) in [6.45, 7) is 11.6. The summed E-state index contributed by atoms with van der Waals surface area (Å²) in [5.74, 6) is 0.491. The third kappa shape index (κ3) is 11.5. The maximum Gasteiger partial charge on any atom is 0.694 e. The molecule has 2 aromatic heterocycles. The van der Waals surface area contributed by atoms with E-state index >= 15 is 0 Å². The predicted octanol–water partition coefficient (Wildman–Crippen LogP) is 3.60. The lowest BCUT2D eigenvalue weighted by Gasteiger charge is -2.24. The smallest absolute Gasteiger partial charge is 0.400 e. The molecule has 0 bridgehead atoms. The number of phosphoric acid groups is 1. The molecule has 0 aliphatic carbocycles. The number of aliphatic hydroxyl groups excluding tert-OH is 1. The van der Waals surface area contributed by atoms with Crippen molar-refractivity contribution >= 4 is 39.3 Å². The van der Waals surface area contributed by atoms with E-state index in [1.807, 2.05) is 33.9 Å². The predicted molar refractivity (Wildman–Crippen MR) is 155 cm³/mol. The molecule has 41 heavy (non-hydrogen) atoms. The Morgan fingerprint density at radius 3 is 2.32 bits per heavy atom. The van der Waals surface area contributed by atoms with Crippen molar-refractivity contribution in [2.45, 2.75) is 66.1 Å². The molecule has 234 valence electrons. The van der Waals surface area contributed by atoms with E-state index in [1.165, 1.54) is 29.9 Å². The molecular formula is C23H43N6O10P2+. The van der Waals surface area contributed by atoms with Crippen LogP contribution in [0.25, 0.3) is 11.2 Å². The van der Waals surface area contributed by atoms with Crippen LogP contribution in [-0.2, 0) is 32.2 Å². The molecule has 1 aliphatic rings. The van der Waals surface area contributed by atoms with E-state index in [-0.39, 0.29) is 0 Å². The summed E-state index contributed by atoms with van der Waals surface area (Å²) in [4.78, 5) is 35.3. The Bertz CT molecular complexity index is 1170. The quantitative estimate of drug-likeness (QED) is 0.220. The van der Waals surface area contributed by atoms with Crippen LogP contribution < -0.4 is 5.32 Å². The fourth-order valence-corrected chi connectivity index (χ4v) is 4.25. The first-order valence-corrected chi connectivity index (χ1v) is 15.1. The van der Waals surface area contributed by atoms with Crippen molar-refractivity contribution in [3.05, 3.63) is 23.9 Å². The average molecular weight is 626 g/mol. The number of fused-ring (bicyclic) bond motifs is 1. The van der Waals surface area contributed by atoms with Gasteiger partial charge in [-0.05, 0) is 27.7 Å². The minimum absolute atomic E-state index is 0.403. The number of anilines is 1. The van der Waals surface area contributed by atoms with E-state index in [2.05, 4.69) is 43.6 Å². The highest BCUT2D eigenvalue weighted by atomic mass is 31.2. The number of hydrogen-bond acceptors (Lipinski definition) is 13. The van der Waals surface area contributed by atoms with Gasteiger partial charge in [0.2, 0.25) is 0 Å². The molecule has 3 rings (SSSR count). The molecule has 18 heteroatoms. The number of rotatable bonds is 10. The first-order valence-electron chi connectivity index (χ1n) is 12.5. The second-order valence-corrected chi connectivity index (χ2v) is 10.0. The Morgan fingerprint density at radius 1 is 1.22 bits per heavy atom. The van der Waals surface area contributed by atoms with Gasteiger partial charge in [-0.1, -0.05) is 19.4 Å². The summed E-state index contributed by atoms with van der Waals surface area (Å²) < 4.78 is 50.2. The van der Waals surface area contributed by atoms with Gasteiger partial charge in [-0.3, -0.25) is 18.6 Å². The average Bonchev–Trinajstić information content (AvgIpc) is 3.55. The van der Waals surface area contributed by atoms with Gasteiger partial charge in [0, 0.05) is 44.9 Å². The summed E-state index contributed by atoms with van der Waals surface area (Å²) >= 11 is 0. The van der Waals surface area contributed by atoms with Gasteiger partial charge < -0.3 is 24.8 Å². The van der Waals surface area contributed by atoms with Crippen LogP contribution in [0.2, 0.25) is 0 Å². The number of nitrogens with one attached hydrogen (secondary N) is 1. The zero-order valence-corrected chi connectivity index (χ0v) is 26.9. The number of phosphoric ester groups is 1. The van der Waals surface area contributed by atoms with Crippen LogP contribution in [0.4, 0.5) is 5.82 Å². The summed E-state index contributed by atoms with van der Waals surface area (Å²) in [5.41, 5.74) is 3.27. The highest BCUT2D eigenvalue weighted by Gasteiger charge is 2.51. The number of ether oxygens (including phenoxy) is 2. The standard InChI is InChI=1S/C13H19N5O9P2.C7H13N.C2H6.CH4O/c1-14-11-8-12(16-5-15-11)18(6-17-8)13-10(23-2)9(27-29(21,22)24-3)7(26-13)4-25-28(19)20;1-5-8-7(4)6(2)3;2*1-2/h5-7,9-10,13H,4H2,1-3H3,(H2-,14,15,16,19,20,21,22);5H,1-4H3;1-2H3;2H,1H3/p+1. The number of methoxy groups -OCH3 is 1. The molecule has 6 atom stereocenters. The zero-order chi connectivity index (χ0) is 31.8. The Balaban J connectivity index is 0.00000114. The number of aromatic nitrogens is 4. The molecule has 2 aromatic rings. The van der Waals surface area contributed by atoms with Gasteiger partial charge in [-0.2, -0.15) is 0 Å². The first kappa shape index (κ1) is 38.8. The van der Waals surface area contributed by atoms with Gasteiger partial charge in [-0.25, -0.2) is 19.5 Å². The van der Waals surface area contributed by atoms with Crippen LogP contribution in [0, 0.1) is 0 Å². The van der Waals surface area contributed by atoms with Gasteiger partial charge in [0.1, 0.15) is 36.8 Å². The summed E-state index contributed by atoms with van der Waals surface area (Å²) in [6, 6.07) is 0. The highest BCUT2D eigenvalue weighted by Crippen LogP contribution is 2.48. The largest absolute Gasteiger partial charge is 0.694 e. The fourth-order valence-electron chi connectivity index (χ4n) is 3.32. The van der Waals surface area contributed by atoms with Crippen molar-refractivity contribution in [2.75, 3.05) is 40.3 Å². The number of nitrogens with zero attached hydrogens (tertiary/aromatic N) is 5. The lowest BCUT2D eigenvalue weighted by molar-refractivity contribution is -0.0561. The third-order valence-electron chi connectivity index (χ3n) is 5.31. The summed E-state index contributed by atoms with van der Waals surface area (Å²) in [6.07, 6.45) is 0.549. The molecule has 1 saturated heterocycles. The lowest BCUT2D eigenvalue weighted by atomic mass is 10.1. The van der Waals surface area contributed by atoms with Crippen molar-refractivity contribution in [2.24, 2.45) is 4.99 Å². The van der Waals surface area contributed by atoms with Gasteiger partial charge in [0.25, 0.3) is 0 Å². The number of hydrogen-bond donors (Lipinski definition) is 4. The Labute approximate surface area is 241 Å². The second-order valence-electron chi connectivity index (χ2n) is 7.79. The summed E-state index contributed by atoms with van der Waals surface area (Å²) in [5, 5.41) is 9.90. The molecule has 0 radical (unpaired) electrons. The zero-order valence-electron chi connectivity index (χ0n) is 25.1.